The quantitative estimate of drug-likeness (QED) is 0.0315. The predicted octanol–water partition coefficient (Wildman–Crippen LogP) is -3.79. The fourth-order valence-corrected chi connectivity index (χ4v) is 7.35. The van der Waals surface area contributed by atoms with Crippen LogP contribution >= 0.6 is 0 Å². The third-order valence-corrected chi connectivity index (χ3v) is 11.7. The first-order chi connectivity index (χ1) is 36.6. The van der Waals surface area contributed by atoms with Crippen LogP contribution in [-0.2, 0) is 75.2 Å². The Labute approximate surface area is 449 Å². The molecular formula is C50H72N12O16. The van der Waals surface area contributed by atoms with Crippen LogP contribution in [0.25, 0.3) is 0 Å². The van der Waals surface area contributed by atoms with E-state index in [1.165, 1.54) is 38.1 Å². The molecule has 0 aliphatic heterocycles. The largest absolute Gasteiger partial charge is 0.508 e. The van der Waals surface area contributed by atoms with E-state index in [9.17, 15) is 77.6 Å². The maximum atomic E-state index is 13.9. The van der Waals surface area contributed by atoms with Gasteiger partial charge < -0.3 is 80.8 Å². The Morgan fingerprint density at radius 1 is 0.423 bits per heavy atom. The van der Waals surface area contributed by atoms with Crippen LogP contribution in [0.4, 0.5) is 0 Å². The van der Waals surface area contributed by atoms with E-state index < -0.39 is 170 Å². The van der Waals surface area contributed by atoms with Gasteiger partial charge in [0.05, 0.1) is 6.04 Å². The molecule has 428 valence electrons. The Balaban J connectivity index is 2.27. The molecule has 0 aromatic heterocycles. The van der Waals surface area contributed by atoms with Crippen LogP contribution in [0.15, 0.2) is 54.6 Å². The highest BCUT2D eigenvalue weighted by molar-refractivity contribution is 5.98. The molecular weight excluding hydrogens is 1020 g/mol. The molecule has 0 saturated carbocycles. The lowest BCUT2D eigenvalue weighted by Gasteiger charge is -2.27. The van der Waals surface area contributed by atoms with Gasteiger partial charge >= 0.3 is 11.9 Å². The minimum atomic E-state index is -1.65. The molecule has 0 bridgehead atoms. The normalized spacial score (nSPS) is 14.4. The van der Waals surface area contributed by atoms with Crippen LogP contribution < -0.4 is 65.5 Å². The zero-order valence-corrected chi connectivity index (χ0v) is 43.7. The number of hydrogen-bond acceptors (Lipinski definition) is 15. The van der Waals surface area contributed by atoms with Crippen molar-refractivity contribution in [3.8, 4) is 5.75 Å². The first-order valence-electron chi connectivity index (χ1n) is 24.9. The number of amides is 11. The highest BCUT2D eigenvalue weighted by Crippen LogP contribution is 2.14. The molecule has 28 nitrogen and oxygen atoms in total. The highest BCUT2D eigenvalue weighted by atomic mass is 16.4. The van der Waals surface area contributed by atoms with Gasteiger partial charge in [-0.05, 0) is 75.1 Å². The second kappa shape index (κ2) is 32.7. The first-order valence-corrected chi connectivity index (χ1v) is 24.9. The fourth-order valence-electron chi connectivity index (χ4n) is 7.35. The van der Waals surface area contributed by atoms with Gasteiger partial charge in [0, 0.05) is 38.5 Å². The van der Waals surface area contributed by atoms with Crippen LogP contribution in [0, 0.1) is 5.92 Å². The second-order valence-corrected chi connectivity index (χ2v) is 18.9. The molecule has 0 radical (unpaired) electrons. The van der Waals surface area contributed by atoms with Crippen LogP contribution in [-0.4, -0.2) is 147 Å². The number of rotatable bonds is 35. The Bertz CT molecular complexity index is 2460. The van der Waals surface area contributed by atoms with Crippen molar-refractivity contribution < 1.29 is 77.6 Å². The summed E-state index contributed by atoms with van der Waals surface area (Å²) in [5, 5.41) is 48.3. The topological polar surface area (TPSA) is 483 Å². The van der Waals surface area contributed by atoms with Gasteiger partial charge in [-0.1, -0.05) is 56.3 Å². The zero-order chi connectivity index (χ0) is 58.8. The summed E-state index contributed by atoms with van der Waals surface area (Å²) in [6.45, 7) is 5.84. The van der Waals surface area contributed by atoms with Crippen LogP contribution in [0.2, 0.25) is 0 Å². The van der Waals surface area contributed by atoms with Crippen molar-refractivity contribution in [2.24, 2.45) is 28.9 Å². The number of primary amides is 3. The van der Waals surface area contributed by atoms with Crippen LogP contribution in [0.1, 0.15) is 96.6 Å². The minimum Gasteiger partial charge on any atom is -0.508 e. The van der Waals surface area contributed by atoms with Gasteiger partial charge in [0.1, 0.15) is 54.1 Å². The Morgan fingerprint density at radius 2 is 0.782 bits per heavy atom. The lowest BCUT2D eigenvalue weighted by Crippen LogP contribution is -2.60. The molecule has 0 aliphatic rings. The van der Waals surface area contributed by atoms with Gasteiger partial charge in [-0.2, -0.15) is 0 Å². The lowest BCUT2D eigenvalue weighted by molar-refractivity contribution is -0.142. The first kappa shape index (κ1) is 65.4. The van der Waals surface area contributed by atoms with E-state index >= 15 is 0 Å². The number of phenols is 1. The maximum absolute atomic E-state index is 13.9. The summed E-state index contributed by atoms with van der Waals surface area (Å²) in [6.07, 6.45) is -3.68. The van der Waals surface area contributed by atoms with Gasteiger partial charge in [0.2, 0.25) is 65.0 Å². The van der Waals surface area contributed by atoms with Crippen molar-refractivity contribution in [2.75, 3.05) is 0 Å². The third kappa shape index (κ3) is 24.8. The molecule has 0 fully saturated rings. The average molecular weight is 1100 g/mol. The van der Waals surface area contributed by atoms with E-state index in [1.807, 2.05) is 0 Å². The van der Waals surface area contributed by atoms with Crippen molar-refractivity contribution in [3.05, 3.63) is 65.7 Å². The molecule has 0 spiro atoms. The second-order valence-electron chi connectivity index (χ2n) is 18.9. The van der Waals surface area contributed by atoms with Crippen LogP contribution in [0.5, 0.6) is 5.75 Å². The van der Waals surface area contributed by atoms with Gasteiger partial charge in [0.15, 0.2) is 0 Å². The molecule has 28 heteroatoms. The average Bonchev–Trinajstić information content (AvgIpc) is 3.36. The molecule has 2 rings (SSSR count). The summed E-state index contributed by atoms with van der Waals surface area (Å²) in [7, 11) is 0. The van der Waals surface area contributed by atoms with Gasteiger partial charge in [-0.25, -0.2) is 4.79 Å². The maximum Gasteiger partial charge on any atom is 0.326 e. The minimum absolute atomic E-state index is 0.0353. The fraction of sp³-hybridized carbons (Fsp3) is 0.500. The van der Waals surface area contributed by atoms with Gasteiger partial charge in [-0.15, -0.1) is 0 Å². The Hall–Kier alpha value is -8.69. The number of benzene rings is 2. The molecule has 11 amide bonds. The van der Waals surface area contributed by atoms with E-state index in [2.05, 4.69) is 42.5 Å². The lowest BCUT2D eigenvalue weighted by atomic mass is 10.0. The molecule has 0 unspecified atom stereocenters. The van der Waals surface area contributed by atoms with Crippen molar-refractivity contribution in [3.63, 3.8) is 0 Å². The molecule has 2 aromatic rings. The smallest absolute Gasteiger partial charge is 0.326 e. The number of nitrogens with one attached hydrogen (secondary N) is 8. The highest BCUT2D eigenvalue weighted by Gasteiger charge is 2.34. The summed E-state index contributed by atoms with van der Waals surface area (Å²) in [5.74, 6) is -13.4. The summed E-state index contributed by atoms with van der Waals surface area (Å²) in [4.78, 5) is 167. The van der Waals surface area contributed by atoms with E-state index in [-0.39, 0.29) is 43.8 Å². The summed E-state index contributed by atoms with van der Waals surface area (Å²) >= 11 is 0. The van der Waals surface area contributed by atoms with Gasteiger partial charge in [0.25, 0.3) is 0 Å². The van der Waals surface area contributed by atoms with E-state index in [4.69, 9.17) is 22.9 Å². The molecule has 0 aliphatic carbocycles. The van der Waals surface area contributed by atoms with Crippen molar-refractivity contribution >= 4 is 76.9 Å². The summed E-state index contributed by atoms with van der Waals surface area (Å²) in [5.41, 5.74) is 22.7. The number of carbonyl (C=O) groups excluding carboxylic acids is 11. The van der Waals surface area contributed by atoms with Gasteiger partial charge in [-0.3, -0.25) is 57.5 Å². The zero-order valence-electron chi connectivity index (χ0n) is 43.7. The molecule has 0 heterocycles. The Morgan fingerprint density at radius 3 is 1.26 bits per heavy atom. The predicted molar refractivity (Wildman–Crippen MR) is 276 cm³/mol. The molecule has 9 atom stereocenters. The number of nitrogens with two attached hydrogens (primary N) is 4. The van der Waals surface area contributed by atoms with Crippen molar-refractivity contribution in [1.29, 1.82) is 0 Å². The van der Waals surface area contributed by atoms with E-state index in [0.717, 1.165) is 0 Å². The number of carboxylic acids is 2. The third-order valence-electron chi connectivity index (χ3n) is 11.7. The van der Waals surface area contributed by atoms with Crippen molar-refractivity contribution in [2.45, 2.75) is 153 Å². The van der Waals surface area contributed by atoms with Crippen LogP contribution in [0.3, 0.4) is 0 Å². The number of aromatic hydroxyl groups is 1. The standard InChI is InChI=1S/C50H72N12O16/c1-25(2)22-35(60-44(71)31(51)14-18-38(52)64)48(75)59-33(16-20-40(54)66)46(73)58-32(15-19-39(53)65)45(72)56-26(3)42(69)55-27(4)43(70)57-34(17-21-41(67)68)47(74)61-36(23-28-8-6-5-7-9-28)49(76)62-37(50(77)78)24-29-10-12-30(63)13-11-29/h5-13,25-27,31-37,63H,14-24,51H2,1-4H3,(H2,52,64)(H2,53,65)(H2,54,66)(H,55,69)(H,56,72)(H,57,70)(H,58,73)(H,59,75)(H,60,71)(H,61,74)(H,62,76)(H,67,68)(H,77,78)/t26-,27-,31-,32-,33-,34-,35-,36-,37-/m0/s1. The number of phenolic OH excluding ortho intramolecular Hbond substituents is 1. The summed E-state index contributed by atoms with van der Waals surface area (Å²) in [6, 6.07) is 0.488. The number of aliphatic carboxylic acids is 2. The monoisotopic (exact) mass is 1100 g/mol. The molecule has 19 N–H and O–H groups in total. The molecule has 2 aromatic carbocycles. The number of hydrogen-bond donors (Lipinski definition) is 15. The Kier molecular flexibility index (Phi) is 27.4. The molecule has 78 heavy (non-hydrogen) atoms. The SMILES string of the molecule is CC(C)C[C@H](NC(=O)[C@@H](N)CCC(N)=O)C(=O)N[C@@H](CCC(N)=O)C(=O)N[C@@H](CCC(N)=O)C(=O)N[C@@H](C)C(=O)N[C@@H](C)C(=O)N[C@@H](CCC(=O)O)C(=O)N[C@@H](Cc1ccccc1)C(=O)N[C@@H](Cc1ccc(O)cc1)C(=O)O. The summed E-state index contributed by atoms with van der Waals surface area (Å²) < 4.78 is 0. The number of carboxylic acid groups (broad SMARTS) is 2. The molecule has 0 saturated heterocycles. The van der Waals surface area contributed by atoms with Crippen molar-refractivity contribution in [1.82, 2.24) is 42.5 Å². The van der Waals surface area contributed by atoms with E-state index in [0.29, 0.717) is 11.1 Å². The number of carbonyl (C=O) groups is 13. The van der Waals surface area contributed by atoms with E-state index in [1.54, 1.807) is 44.2 Å².